The highest BCUT2D eigenvalue weighted by Gasteiger charge is 2.11. The lowest BCUT2D eigenvalue weighted by Gasteiger charge is -2.14. The highest BCUT2D eigenvalue weighted by Crippen LogP contribution is 2.31. The molecule has 0 aliphatic carbocycles. The summed E-state index contributed by atoms with van der Waals surface area (Å²) in [7, 11) is 1.65. The molecule has 0 saturated carbocycles. The molecule has 0 aromatic heterocycles. The van der Waals surface area contributed by atoms with Gasteiger partial charge in [-0.1, -0.05) is 32.0 Å². The molecule has 4 heteroatoms. The van der Waals surface area contributed by atoms with Crippen LogP contribution in [0.2, 0.25) is 0 Å². The van der Waals surface area contributed by atoms with Gasteiger partial charge in [0, 0.05) is 23.7 Å². The second-order valence-corrected chi connectivity index (χ2v) is 6.02. The summed E-state index contributed by atoms with van der Waals surface area (Å²) in [6.07, 6.45) is 0. The third-order valence-corrected chi connectivity index (χ3v) is 3.86. The standard InChI is InChI=1S/C17H19BrFNO/c1-11(2)20-10-13-9-12(7-8-16(13)21-3)14-5-4-6-15(18)17(14)19/h4-9,11,20H,10H2,1-3H3. The van der Waals surface area contributed by atoms with Crippen molar-refractivity contribution >= 4 is 15.9 Å². The lowest BCUT2D eigenvalue weighted by atomic mass is 10.0. The van der Waals surface area contributed by atoms with Gasteiger partial charge in [-0.2, -0.15) is 0 Å². The van der Waals surface area contributed by atoms with Crippen LogP contribution in [0, 0.1) is 5.82 Å². The normalized spacial score (nSPS) is 11.0. The highest BCUT2D eigenvalue weighted by atomic mass is 79.9. The quantitative estimate of drug-likeness (QED) is 0.838. The summed E-state index contributed by atoms with van der Waals surface area (Å²) in [5.41, 5.74) is 2.44. The van der Waals surface area contributed by atoms with Gasteiger partial charge < -0.3 is 10.1 Å². The van der Waals surface area contributed by atoms with E-state index in [2.05, 4.69) is 35.1 Å². The van der Waals surface area contributed by atoms with Crippen LogP contribution in [0.5, 0.6) is 5.75 Å². The first-order chi connectivity index (χ1) is 10.0. The predicted octanol–water partition coefficient (Wildman–Crippen LogP) is 4.76. The van der Waals surface area contributed by atoms with Gasteiger partial charge in [0.2, 0.25) is 0 Å². The Kier molecular flexibility index (Phi) is 5.37. The fourth-order valence-electron chi connectivity index (χ4n) is 2.13. The summed E-state index contributed by atoms with van der Waals surface area (Å²) in [4.78, 5) is 0. The van der Waals surface area contributed by atoms with Crippen LogP contribution in [-0.2, 0) is 6.54 Å². The molecule has 0 atom stereocenters. The van der Waals surface area contributed by atoms with E-state index in [1.807, 2.05) is 24.3 Å². The first-order valence-corrected chi connectivity index (χ1v) is 7.67. The Balaban J connectivity index is 2.41. The van der Waals surface area contributed by atoms with Gasteiger partial charge in [0.25, 0.3) is 0 Å². The predicted molar refractivity (Wildman–Crippen MR) is 88.1 cm³/mol. The minimum absolute atomic E-state index is 0.245. The van der Waals surface area contributed by atoms with Gasteiger partial charge in [-0.15, -0.1) is 0 Å². The molecule has 1 N–H and O–H groups in total. The molecule has 0 spiro atoms. The number of benzene rings is 2. The highest BCUT2D eigenvalue weighted by molar-refractivity contribution is 9.10. The number of methoxy groups -OCH3 is 1. The zero-order valence-corrected chi connectivity index (χ0v) is 14.0. The molecule has 0 aliphatic heterocycles. The fourth-order valence-corrected chi connectivity index (χ4v) is 2.49. The lowest BCUT2D eigenvalue weighted by molar-refractivity contribution is 0.406. The molecule has 0 saturated heterocycles. The van der Waals surface area contributed by atoms with Gasteiger partial charge in [0.1, 0.15) is 11.6 Å². The van der Waals surface area contributed by atoms with E-state index < -0.39 is 0 Å². The molecule has 112 valence electrons. The molecule has 0 heterocycles. The zero-order valence-electron chi connectivity index (χ0n) is 12.4. The molecule has 0 bridgehead atoms. The van der Waals surface area contributed by atoms with Gasteiger partial charge in [-0.05, 0) is 39.7 Å². The molecule has 0 fully saturated rings. The van der Waals surface area contributed by atoms with E-state index in [9.17, 15) is 4.39 Å². The van der Waals surface area contributed by atoms with Crippen molar-refractivity contribution in [1.29, 1.82) is 0 Å². The fraction of sp³-hybridized carbons (Fsp3) is 0.294. The van der Waals surface area contributed by atoms with Gasteiger partial charge in [-0.25, -0.2) is 4.39 Å². The van der Waals surface area contributed by atoms with E-state index >= 15 is 0 Å². The molecule has 21 heavy (non-hydrogen) atoms. The number of rotatable bonds is 5. The van der Waals surface area contributed by atoms with Gasteiger partial charge in [-0.3, -0.25) is 0 Å². The summed E-state index contributed by atoms with van der Waals surface area (Å²) in [5, 5.41) is 3.36. The second kappa shape index (κ2) is 7.05. The number of hydrogen-bond donors (Lipinski definition) is 1. The topological polar surface area (TPSA) is 21.3 Å². The Morgan fingerprint density at radius 3 is 2.67 bits per heavy atom. The van der Waals surface area contributed by atoms with Crippen LogP contribution in [0.4, 0.5) is 4.39 Å². The first kappa shape index (κ1) is 16.0. The average Bonchev–Trinajstić information content (AvgIpc) is 2.47. The van der Waals surface area contributed by atoms with Crippen molar-refractivity contribution in [3.8, 4) is 16.9 Å². The molecule has 2 aromatic rings. The summed E-state index contributed by atoms with van der Waals surface area (Å²) in [5.74, 6) is 0.563. The van der Waals surface area contributed by atoms with Gasteiger partial charge >= 0.3 is 0 Å². The van der Waals surface area contributed by atoms with Crippen molar-refractivity contribution in [3.63, 3.8) is 0 Å². The summed E-state index contributed by atoms with van der Waals surface area (Å²) in [6, 6.07) is 11.4. The van der Waals surface area contributed by atoms with E-state index in [0.29, 0.717) is 22.6 Å². The number of ether oxygens (including phenoxy) is 1. The summed E-state index contributed by atoms with van der Waals surface area (Å²) < 4.78 is 20.1. The molecular weight excluding hydrogens is 333 g/mol. The molecule has 2 rings (SSSR count). The summed E-state index contributed by atoms with van der Waals surface area (Å²) in [6.45, 7) is 4.86. The maximum absolute atomic E-state index is 14.2. The smallest absolute Gasteiger partial charge is 0.145 e. The van der Waals surface area contributed by atoms with E-state index in [4.69, 9.17) is 4.74 Å². The third-order valence-electron chi connectivity index (χ3n) is 3.24. The van der Waals surface area contributed by atoms with Crippen molar-refractivity contribution in [1.82, 2.24) is 5.32 Å². The Hall–Kier alpha value is -1.39. The van der Waals surface area contributed by atoms with E-state index in [0.717, 1.165) is 16.9 Å². The van der Waals surface area contributed by atoms with Crippen molar-refractivity contribution in [2.45, 2.75) is 26.4 Å². The maximum atomic E-state index is 14.2. The van der Waals surface area contributed by atoms with Crippen molar-refractivity contribution < 1.29 is 9.13 Å². The SMILES string of the molecule is COc1ccc(-c2cccc(Br)c2F)cc1CNC(C)C. The van der Waals surface area contributed by atoms with Crippen molar-refractivity contribution in [2.75, 3.05) is 7.11 Å². The van der Waals surface area contributed by atoms with Crippen LogP contribution in [0.25, 0.3) is 11.1 Å². The van der Waals surface area contributed by atoms with Crippen molar-refractivity contribution in [3.05, 3.63) is 52.3 Å². The van der Waals surface area contributed by atoms with E-state index in [-0.39, 0.29) is 5.82 Å². The van der Waals surface area contributed by atoms with Gasteiger partial charge in [0.15, 0.2) is 0 Å². The van der Waals surface area contributed by atoms with Gasteiger partial charge in [0.05, 0.1) is 11.6 Å². The molecule has 2 aromatic carbocycles. The molecule has 0 unspecified atom stereocenters. The van der Waals surface area contributed by atoms with Crippen LogP contribution in [0.3, 0.4) is 0 Å². The molecule has 0 radical (unpaired) electrons. The monoisotopic (exact) mass is 351 g/mol. The second-order valence-electron chi connectivity index (χ2n) is 5.16. The van der Waals surface area contributed by atoms with Crippen LogP contribution >= 0.6 is 15.9 Å². The Bertz CT molecular complexity index is 628. The minimum atomic E-state index is -0.245. The van der Waals surface area contributed by atoms with Crippen molar-refractivity contribution in [2.24, 2.45) is 0 Å². The first-order valence-electron chi connectivity index (χ1n) is 6.87. The van der Waals surface area contributed by atoms with E-state index in [1.165, 1.54) is 0 Å². The van der Waals surface area contributed by atoms with Crippen LogP contribution in [-0.4, -0.2) is 13.2 Å². The van der Waals surface area contributed by atoms with Crippen LogP contribution in [0.1, 0.15) is 19.4 Å². The molecule has 2 nitrogen and oxygen atoms in total. The Morgan fingerprint density at radius 1 is 1.24 bits per heavy atom. The zero-order chi connectivity index (χ0) is 15.4. The van der Waals surface area contributed by atoms with E-state index in [1.54, 1.807) is 19.2 Å². The number of hydrogen-bond acceptors (Lipinski definition) is 2. The minimum Gasteiger partial charge on any atom is -0.496 e. The van der Waals surface area contributed by atoms with Crippen LogP contribution in [0.15, 0.2) is 40.9 Å². The largest absolute Gasteiger partial charge is 0.496 e. The number of halogens is 2. The lowest BCUT2D eigenvalue weighted by Crippen LogP contribution is -2.22. The Morgan fingerprint density at radius 2 is 2.00 bits per heavy atom. The Labute approximate surface area is 133 Å². The summed E-state index contributed by atoms with van der Waals surface area (Å²) >= 11 is 3.23. The number of nitrogens with one attached hydrogen (secondary N) is 1. The average molecular weight is 352 g/mol. The molecule has 0 amide bonds. The van der Waals surface area contributed by atoms with Crippen LogP contribution < -0.4 is 10.1 Å². The third kappa shape index (κ3) is 3.83. The molecular formula is C17H19BrFNO. The maximum Gasteiger partial charge on any atom is 0.145 e. The molecule has 0 aliphatic rings.